The van der Waals surface area contributed by atoms with Gasteiger partial charge in [-0.1, -0.05) is 6.07 Å². The number of ether oxygens (including phenoxy) is 1. The summed E-state index contributed by atoms with van der Waals surface area (Å²) in [5, 5.41) is 0. The van der Waals surface area contributed by atoms with Gasteiger partial charge in [-0.25, -0.2) is 0 Å². The Morgan fingerprint density at radius 1 is 1.35 bits per heavy atom. The zero-order chi connectivity index (χ0) is 14.5. The Hall–Kier alpha value is -0.870. The maximum absolute atomic E-state index is 12.4. The minimum atomic E-state index is 0.221. The summed E-state index contributed by atoms with van der Waals surface area (Å²) in [4.78, 5) is 12.4. The average Bonchev–Trinajstić information content (AvgIpc) is 2.47. The van der Waals surface area contributed by atoms with Gasteiger partial charge in [0, 0.05) is 12.3 Å². The molecule has 0 radical (unpaired) electrons. The number of nitrogens with two attached hydrogens (primary N) is 1. The van der Waals surface area contributed by atoms with Crippen LogP contribution in [0.2, 0.25) is 0 Å². The van der Waals surface area contributed by atoms with Gasteiger partial charge in [0.25, 0.3) is 0 Å². The van der Waals surface area contributed by atoms with Crippen molar-refractivity contribution in [3.05, 3.63) is 28.2 Å². The molecule has 0 bridgehead atoms. The summed E-state index contributed by atoms with van der Waals surface area (Å²) in [6.07, 6.45) is 4.70. The highest BCUT2D eigenvalue weighted by Gasteiger charge is 2.25. The van der Waals surface area contributed by atoms with Crippen LogP contribution >= 0.6 is 15.9 Å². The highest BCUT2D eigenvalue weighted by molar-refractivity contribution is 9.10. The van der Waals surface area contributed by atoms with Crippen molar-refractivity contribution in [2.75, 3.05) is 13.7 Å². The molecule has 0 heterocycles. The van der Waals surface area contributed by atoms with E-state index in [1.165, 1.54) is 0 Å². The molecule has 1 aromatic rings. The Kier molecular flexibility index (Phi) is 5.61. The van der Waals surface area contributed by atoms with E-state index in [2.05, 4.69) is 15.9 Å². The van der Waals surface area contributed by atoms with E-state index >= 15 is 0 Å². The Balaban J connectivity index is 1.93. The van der Waals surface area contributed by atoms with E-state index in [1.54, 1.807) is 7.11 Å². The van der Waals surface area contributed by atoms with Crippen molar-refractivity contribution < 1.29 is 9.53 Å². The zero-order valence-electron chi connectivity index (χ0n) is 11.9. The van der Waals surface area contributed by atoms with Gasteiger partial charge in [-0.2, -0.15) is 0 Å². The Morgan fingerprint density at radius 2 is 2.05 bits per heavy atom. The molecule has 110 valence electrons. The molecule has 1 aromatic carbocycles. The van der Waals surface area contributed by atoms with Gasteiger partial charge in [0.2, 0.25) is 0 Å². The first kappa shape index (κ1) is 15.5. The van der Waals surface area contributed by atoms with Gasteiger partial charge in [-0.15, -0.1) is 0 Å². The monoisotopic (exact) mass is 339 g/mol. The van der Waals surface area contributed by atoms with Crippen molar-refractivity contribution in [2.45, 2.75) is 32.1 Å². The van der Waals surface area contributed by atoms with Crippen molar-refractivity contribution in [1.82, 2.24) is 0 Å². The highest BCUT2D eigenvalue weighted by Crippen LogP contribution is 2.30. The standard InChI is InChI=1S/C16H22BrNO2/c1-20-16-7-4-12(8-14(16)17)9-15(19)13-5-2-11(10-18)3-6-13/h4,7-8,11,13H,2-3,5-6,9-10,18H2,1H3. The molecule has 0 amide bonds. The molecule has 1 aliphatic carbocycles. The van der Waals surface area contributed by atoms with Gasteiger partial charge in [0.15, 0.2) is 0 Å². The predicted octanol–water partition coefficient (Wildman–Crippen LogP) is 3.33. The van der Waals surface area contributed by atoms with Gasteiger partial charge in [0.1, 0.15) is 11.5 Å². The third-order valence-electron chi connectivity index (χ3n) is 4.23. The van der Waals surface area contributed by atoms with Crippen LogP contribution in [0.5, 0.6) is 5.75 Å². The molecule has 0 atom stereocenters. The van der Waals surface area contributed by atoms with E-state index in [9.17, 15) is 4.79 Å². The number of carbonyl (C=O) groups is 1. The lowest BCUT2D eigenvalue weighted by molar-refractivity contribution is -0.123. The molecule has 2 N–H and O–H groups in total. The van der Waals surface area contributed by atoms with Crippen LogP contribution in [0.1, 0.15) is 31.2 Å². The number of rotatable bonds is 5. The molecule has 20 heavy (non-hydrogen) atoms. The summed E-state index contributed by atoms with van der Waals surface area (Å²) in [5.41, 5.74) is 6.74. The fourth-order valence-corrected chi connectivity index (χ4v) is 3.47. The lowest BCUT2D eigenvalue weighted by Gasteiger charge is -2.26. The number of halogens is 1. The second-order valence-electron chi connectivity index (χ2n) is 5.57. The van der Waals surface area contributed by atoms with Crippen LogP contribution in [0, 0.1) is 11.8 Å². The highest BCUT2D eigenvalue weighted by atomic mass is 79.9. The van der Waals surface area contributed by atoms with Gasteiger partial charge in [0.05, 0.1) is 11.6 Å². The van der Waals surface area contributed by atoms with E-state index < -0.39 is 0 Å². The molecule has 4 heteroatoms. The van der Waals surface area contributed by atoms with Crippen LogP contribution in [0.25, 0.3) is 0 Å². The largest absolute Gasteiger partial charge is 0.496 e. The van der Waals surface area contributed by atoms with E-state index in [4.69, 9.17) is 10.5 Å². The summed E-state index contributed by atoms with van der Waals surface area (Å²) in [6.45, 7) is 0.756. The van der Waals surface area contributed by atoms with Crippen LogP contribution in [-0.4, -0.2) is 19.4 Å². The molecule has 3 nitrogen and oxygen atoms in total. The maximum atomic E-state index is 12.4. The molecule has 2 rings (SSSR count). The van der Waals surface area contributed by atoms with Crippen molar-refractivity contribution in [3.8, 4) is 5.75 Å². The number of hydrogen-bond acceptors (Lipinski definition) is 3. The fraction of sp³-hybridized carbons (Fsp3) is 0.562. The molecule has 0 unspecified atom stereocenters. The molecule has 0 aromatic heterocycles. The topological polar surface area (TPSA) is 52.3 Å². The van der Waals surface area contributed by atoms with Crippen LogP contribution in [0.4, 0.5) is 0 Å². The van der Waals surface area contributed by atoms with Crippen LogP contribution in [-0.2, 0) is 11.2 Å². The fourth-order valence-electron chi connectivity index (χ4n) is 2.89. The van der Waals surface area contributed by atoms with Crippen LogP contribution < -0.4 is 10.5 Å². The molecule has 0 saturated heterocycles. The number of Topliss-reactive ketones (excluding diaryl/α,β-unsaturated/α-hetero) is 1. The molecule has 1 aliphatic rings. The summed E-state index contributed by atoms with van der Waals surface area (Å²) in [7, 11) is 1.64. The van der Waals surface area contributed by atoms with Crippen molar-refractivity contribution in [1.29, 1.82) is 0 Å². The van der Waals surface area contributed by atoms with Gasteiger partial charge in [-0.05, 0) is 71.8 Å². The number of methoxy groups -OCH3 is 1. The Bertz CT molecular complexity index is 468. The van der Waals surface area contributed by atoms with Gasteiger partial charge < -0.3 is 10.5 Å². The second-order valence-corrected chi connectivity index (χ2v) is 6.42. The minimum absolute atomic E-state index is 0.221. The number of hydrogen-bond donors (Lipinski definition) is 1. The lowest BCUT2D eigenvalue weighted by Crippen LogP contribution is -2.26. The van der Waals surface area contributed by atoms with Crippen LogP contribution in [0.15, 0.2) is 22.7 Å². The zero-order valence-corrected chi connectivity index (χ0v) is 13.5. The normalized spacial score (nSPS) is 22.6. The van der Waals surface area contributed by atoms with Crippen LogP contribution in [0.3, 0.4) is 0 Å². The maximum Gasteiger partial charge on any atom is 0.140 e. The van der Waals surface area contributed by atoms with Crippen molar-refractivity contribution >= 4 is 21.7 Å². The summed E-state index contributed by atoms with van der Waals surface area (Å²) in [5.74, 6) is 2.00. The molecule has 1 saturated carbocycles. The quantitative estimate of drug-likeness (QED) is 0.894. The second kappa shape index (κ2) is 7.23. The first-order valence-electron chi connectivity index (χ1n) is 7.19. The lowest BCUT2D eigenvalue weighted by atomic mass is 9.79. The van der Waals surface area contributed by atoms with Crippen molar-refractivity contribution in [3.63, 3.8) is 0 Å². The number of carbonyl (C=O) groups excluding carboxylic acids is 1. The Morgan fingerprint density at radius 3 is 2.60 bits per heavy atom. The predicted molar refractivity (Wildman–Crippen MR) is 83.9 cm³/mol. The van der Waals surface area contributed by atoms with E-state index in [0.717, 1.165) is 48.0 Å². The molecule has 0 aliphatic heterocycles. The minimum Gasteiger partial charge on any atom is -0.496 e. The third-order valence-corrected chi connectivity index (χ3v) is 4.85. The summed E-state index contributed by atoms with van der Waals surface area (Å²) in [6, 6.07) is 5.84. The molecular formula is C16H22BrNO2. The smallest absolute Gasteiger partial charge is 0.140 e. The molecule has 0 spiro atoms. The van der Waals surface area contributed by atoms with E-state index in [-0.39, 0.29) is 5.92 Å². The SMILES string of the molecule is COc1ccc(CC(=O)C2CCC(CN)CC2)cc1Br. The first-order valence-corrected chi connectivity index (χ1v) is 7.98. The van der Waals surface area contributed by atoms with E-state index in [1.807, 2.05) is 18.2 Å². The van der Waals surface area contributed by atoms with E-state index in [0.29, 0.717) is 18.1 Å². The van der Waals surface area contributed by atoms with Crippen molar-refractivity contribution in [2.24, 2.45) is 17.6 Å². The first-order chi connectivity index (χ1) is 9.63. The Labute approximate surface area is 129 Å². The summed E-state index contributed by atoms with van der Waals surface area (Å²) < 4.78 is 6.10. The number of ketones is 1. The third kappa shape index (κ3) is 3.83. The van der Waals surface area contributed by atoms with Gasteiger partial charge >= 0.3 is 0 Å². The van der Waals surface area contributed by atoms with Gasteiger partial charge in [-0.3, -0.25) is 4.79 Å². The summed E-state index contributed by atoms with van der Waals surface area (Å²) >= 11 is 3.46. The molecule has 1 fully saturated rings. The molecular weight excluding hydrogens is 318 g/mol. The average molecular weight is 340 g/mol. The number of benzene rings is 1.